The maximum absolute atomic E-state index is 11.9. The zero-order valence-corrected chi connectivity index (χ0v) is 13.0. The highest BCUT2D eigenvalue weighted by atomic mass is 79.9. The second-order valence-electron chi connectivity index (χ2n) is 4.55. The third-order valence-electron chi connectivity index (χ3n) is 2.89. The molecular formula is C16H17BrN2O2. The van der Waals surface area contributed by atoms with E-state index in [2.05, 4.69) is 21.2 Å². The van der Waals surface area contributed by atoms with Crippen molar-refractivity contribution < 1.29 is 9.53 Å². The van der Waals surface area contributed by atoms with Crippen molar-refractivity contribution in [3.63, 3.8) is 0 Å². The second-order valence-corrected chi connectivity index (χ2v) is 5.47. The Hall–Kier alpha value is -1.85. The summed E-state index contributed by atoms with van der Waals surface area (Å²) in [4.78, 5) is 11.9. The fourth-order valence-electron chi connectivity index (χ4n) is 1.72. The van der Waals surface area contributed by atoms with E-state index in [4.69, 9.17) is 10.5 Å². The average molecular weight is 349 g/mol. The monoisotopic (exact) mass is 348 g/mol. The smallest absolute Gasteiger partial charge is 0.241 e. The minimum absolute atomic E-state index is 0.208. The van der Waals surface area contributed by atoms with Gasteiger partial charge in [0.1, 0.15) is 5.75 Å². The standard InChI is InChI=1S/C16H17BrN2O2/c17-12-6-8-14(9-7-12)21-11-10-15(18)16(20)19-13-4-2-1-3-5-13/h1-9,15H,10-11,18H2,(H,19,20). The lowest BCUT2D eigenvalue weighted by molar-refractivity contribution is -0.117. The Kier molecular flexibility index (Phi) is 5.78. The molecule has 0 aliphatic rings. The molecule has 3 N–H and O–H groups in total. The first-order chi connectivity index (χ1) is 10.1. The van der Waals surface area contributed by atoms with Crippen molar-refractivity contribution in [3.05, 3.63) is 59.1 Å². The van der Waals surface area contributed by atoms with E-state index in [1.54, 1.807) is 0 Å². The summed E-state index contributed by atoms with van der Waals surface area (Å²) in [6.45, 7) is 0.394. The molecule has 0 bridgehead atoms. The van der Waals surface area contributed by atoms with Crippen molar-refractivity contribution in [2.24, 2.45) is 5.73 Å². The molecule has 0 fully saturated rings. The summed E-state index contributed by atoms with van der Waals surface area (Å²) < 4.78 is 6.55. The number of hydrogen-bond acceptors (Lipinski definition) is 3. The number of halogens is 1. The van der Waals surface area contributed by atoms with Crippen LogP contribution in [0.25, 0.3) is 0 Å². The Morgan fingerprint density at radius 2 is 1.81 bits per heavy atom. The van der Waals surface area contributed by atoms with Crippen molar-refractivity contribution in [2.45, 2.75) is 12.5 Å². The van der Waals surface area contributed by atoms with E-state index in [0.29, 0.717) is 13.0 Å². The maximum Gasteiger partial charge on any atom is 0.241 e. The predicted molar refractivity (Wildman–Crippen MR) is 87.3 cm³/mol. The van der Waals surface area contributed by atoms with Crippen LogP contribution in [0.2, 0.25) is 0 Å². The predicted octanol–water partition coefficient (Wildman–Crippen LogP) is 3.18. The van der Waals surface area contributed by atoms with Crippen LogP contribution in [0.5, 0.6) is 5.75 Å². The van der Waals surface area contributed by atoms with E-state index in [1.807, 2.05) is 54.6 Å². The van der Waals surface area contributed by atoms with Gasteiger partial charge in [-0.15, -0.1) is 0 Å². The summed E-state index contributed by atoms with van der Waals surface area (Å²) in [5.41, 5.74) is 6.60. The minimum Gasteiger partial charge on any atom is -0.494 e. The molecule has 5 heteroatoms. The van der Waals surface area contributed by atoms with Gasteiger partial charge in [-0.1, -0.05) is 34.1 Å². The van der Waals surface area contributed by atoms with E-state index >= 15 is 0 Å². The zero-order valence-electron chi connectivity index (χ0n) is 11.5. The van der Waals surface area contributed by atoms with Crippen LogP contribution in [0.3, 0.4) is 0 Å². The van der Waals surface area contributed by atoms with Gasteiger partial charge in [-0.25, -0.2) is 0 Å². The van der Waals surface area contributed by atoms with Gasteiger partial charge in [-0.05, 0) is 36.4 Å². The van der Waals surface area contributed by atoms with Gasteiger partial charge in [-0.2, -0.15) is 0 Å². The lowest BCUT2D eigenvalue weighted by atomic mass is 10.2. The second kappa shape index (κ2) is 7.81. The molecule has 110 valence electrons. The summed E-state index contributed by atoms with van der Waals surface area (Å²) in [6, 6.07) is 16.2. The molecule has 0 heterocycles. The van der Waals surface area contributed by atoms with Crippen molar-refractivity contribution in [2.75, 3.05) is 11.9 Å². The van der Waals surface area contributed by atoms with Crippen LogP contribution in [0.15, 0.2) is 59.1 Å². The van der Waals surface area contributed by atoms with Gasteiger partial charge in [0, 0.05) is 16.6 Å². The van der Waals surface area contributed by atoms with Gasteiger partial charge in [0.2, 0.25) is 5.91 Å². The van der Waals surface area contributed by atoms with Gasteiger partial charge in [0.25, 0.3) is 0 Å². The fourth-order valence-corrected chi connectivity index (χ4v) is 1.99. The molecule has 0 radical (unpaired) electrons. The quantitative estimate of drug-likeness (QED) is 0.842. The Morgan fingerprint density at radius 1 is 1.14 bits per heavy atom. The summed E-state index contributed by atoms with van der Waals surface area (Å²) in [5.74, 6) is 0.550. The molecule has 1 atom stereocenters. The van der Waals surface area contributed by atoms with Crippen LogP contribution < -0.4 is 15.8 Å². The highest BCUT2D eigenvalue weighted by Crippen LogP contribution is 2.16. The number of anilines is 1. The molecule has 2 rings (SSSR count). The topological polar surface area (TPSA) is 64.3 Å². The van der Waals surface area contributed by atoms with Crippen molar-refractivity contribution in [3.8, 4) is 5.75 Å². The summed E-state index contributed by atoms with van der Waals surface area (Å²) >= 11 is 3.36. The molecule has 0 aliphatic heterocycles. The van der Waals surface area contributed by atoms with E-state index in [-0.39, 0.29) is 5.91 Å². The average Bonchev–Trinajstić information content (AvgIpc) is 2.50. The van der Waals surface area contributed by atoms with Crippen LogP contribution >= 0.6 is 15.9 Å². The van der Waals surface area contributed by atoms with Gasteiger partial charge in [-0.3, -0.25) is 4.79 Å². The number of carbonyl (C=O) groups excluding carboxylic acids is 1. The van der Waals surface area contributed by atoms with Crippen LogP contribution in [0, 0.1) is 0 Å². The molecule has 0 aromatic heterocycles. The van der Waals surface area contributed by atoms with Gasteiger partial charge in [0.15, 0.2) is 0 Å². The number of nitrogens with one attached hydrogen (secondary N) is 1. The van der Waals surface area contributed by atoms with E-state index in [0.717, 1.165) is 15.9 Å². The number of ether oxygens (including phenoxy) is 1. The Balaban J connectivity index is 1.75. The highest BCUT2D eigenvalue weighted by Gasteiger charge is 2.13. The molecule has 1 amide bonds. The number of para-hydroxylation sites is 1. The first kappa shape index (κ1) is 15.5. The number of hydrogen-bond donors (Lipinski definition) is 2. The molecular weight excluding hydrogens is 332 g/mol. The number of carbonyl (C=O) groups is 1. The molecule has 2 aromatic rings. The van der Waals surface area contributed by atoms with Crippen molar-refractivity contribution in [1.82, 2.24) is 0 Å². The number of benzene rings is 2. The molecule has 0 spiro atoms. The van der Waals surface area contributed by atoms with Gasteiger partial charge >= 0.3 is 0 Å². The highest BCUT2D eigenvalue weighted by molar-refractivity contribution is 9.10. The van der Waals surface area contributed by atoms with Crippen LogP contribution in [0.4, 0.5) is 5.69 Å². The zero-order chi connectivity index (χ0) is 15.1. The molecule has 0 saturated carbocycles. The van der Waals surface area contributed by atoms with E-state index < -0.39 is 6.04 Å². The van der Waals surface area contributed by atoms with E-state index in [1.165, 1.54) is 0 Å². The van der Waals surface area contributed by atoms with Crippen LogP contribution in [-0.4, -0.2) is 18.6 Å². The first-order valence-corrected chi connectivity index (χ1v) is 7.44. The molecule has 21 heavy (non-hydrogen) atoms. The maximum atomic E-state index is 11.9. The lowest BCUT2D eigenvalue weighted by Gasteiger charge is -2.13. The number of rotatable bonds is 6. The van der Waals surface area contributed by atoms with Crippen LogP contribution in [0.1, 0.15) is 6.42 Å². The van der Waals surface area contributed by atoms with E-state index in [9.17, 15) is 4.79 Å². The molecule has 0 saturated heterocycles. The summed E-state index contributed by atoms with van der Waals surface area (Å²) in [6.07, 6.45) is 0.453. The SMILES string of the molecule is NC(CCOc1ccc(Br)cc1)C(=O)Nc1ccccc1. The molecule has 0 aliphatic carbocycles. The molecule has 4 nitrogen and oxygen atoms in total. The van der Waals surface area contributed by atoms with Crippen LogP contribution in [-0.2, 0) is 4.79 Å². The Morgan fingerprint density at radius 3 is 2.48 bits per heavy atom. The third-order valence-corrected chi connectivity index (χ3v) is 3.42. The minimum atomic E-state index is -0.597. The fraction of sp³-hybridized carbons (Fsp3) is 0.188. The normalized spacial score (nSPS) is 11.7. The number of nitrogens with two attached hydrogens (primary N) is 1. The van der Waals surface area contributed by atoms with Crippen molar-refractivity contribution in [1.29, 1.82) is 0 Å². The van der Waals surface area contributed by atoms with Gasteiger partial charge in [0.05, 0.1) is 12.6 Å². The van der Waals surface area contributed by atoms with Crippen molar-refractivity contribution >= 4 is 27.5 Å². The molecule has 1 unspecified atom stereocenters. The lowest BCUT2D eigenvalue weighted by Crippen LogP contribution is -2.36. The third kappa shape index (κ3) is 5.21. The summed E-state index contributed by atoms with van der Waals surface area (Å²) in [5, 5.41) is 2.77. The largest absolute Gasteiger partial charge is 0.494 e. The Labute approximate surface area is 132 Å². The Bertz CT molecular complexity index is 573. The van der Waals surface area contributed by atoms with Gasteiger partial charge < -0.3 is 15.8 Å². The summed E-state index contributed by atoms with van der Waals surface area (Å²) in [7, 11) is 0. The first-order valence-electron chi connectivity index (χ1n) is 6.65. The number of amides is 1. The molecule has 2 aromatic carbocycles.